The van der Waals surface area contributed by atoms with Crippen LogP contribution in [0, 0.1) is 0 Å². The van der Waals surface area contributed by atoms with E-state index in [0.29, 0.717) is 23.1 Å². The van der Waals surface area contributed by atoms with Crippen molar-refractivity contribution in [1.82, 2.24) is 20.1 Å². The molecule has 0 aliphatic carbocycles. The lowest BCUT2D eigenvalue weighted by Gasteiger charge is -2.16. The summed E-state index contributed by atoms with van der Waals surface area (Å²) in [5, 5.41) is 20.1. The molecule has 3 aromatic rings. The Morgan fingerprint density at radius 3 is 2.62 bits per heavy atom. The van der Waals surface area contributed by atoms with Gasteiger partial charge in [0.05, 0.1) is 42.1 Å². The molecule has 0 atom stereocenters. The van der Waals surface area contributed by atoms with Crippen molar-refractivity contribution in [3.8, 4) is 5.69 Å². The molecular weight excluding hydrogens is 428 g/mol. The van der Waals surface area contributed by atoms with E-state index in [9.17, 15) is 4.79 Å². The van der Waals surface area contributed by atoms with E-state index in [0.717, 1.165) is 17.1 Å². The number of carbonyl (C=O) groups excluding carboxylic acids is 1. The number of anilines is 2. The highest BCUT2D eigenvalue weighted by Gasteiger charge is 2.21. The minimum Gasteiger partial charge on any atom is -0.395 e. The molecule has 3 N–H and O–H groups in total. The molecule has 8 nitrogen and oxygen atoms in total. The van der Waals surface area contributed by atoms with E-state index in [1.165, 1.54) is 0 Å². The molecule has 0 saturated carbocycles. The normalized spacial score (nSPS) is 11.3. The first-order chi connectivity index (χ1) is 15.2. The monoisotopic (exact) mass is 456 g/mol. The molecular formula is C23H29ClN6O2. The molecule has 9 heteroatoms. The van der Waals surface area contributed by atoms with E-state index < -0.39 is 0 Å². The zero-order chi connectivity index (χ0) is 23.3. The first-order valence-electron chi connectivity index (χ1n) is 10.4. The van der Waals surface area contributed by atoms with Gasteiger partial charge in [-0.15, -0.1) is 0 Å². The van der Waals surface area contributed by atoms with Gasteiger partial charge in [-0.3, -0.25) is 0 Å². The maximum absolute atomic E-state index is 12.5. The van der Waals surface area contributed by atoms with Crippen LogP contribution >= 0.6 is 11.6 Å². The Morgan fingerprint density at radius 2 is 2.00 bits per heavy atom. The van der Waals surface area contributed by atoms with Gasteiger partial charge in [0, 0.05) is 24.0 Å². The molecule has 3 rings (SSSR count). The molecule has 0 radical (unpaired) electrons. The predicted molar refractivity (Wildman–Crippen MR) is 128 cm³/mol. The SMILES string of the molecule is CN(CCO)c1ccc(NC(=O)NCc2cc(C(C)(C)C)nn2-c2cccc(Cl)c2)cn1. The molecule has 1 aromatic carbocycles. The topological polar surface area (TPSA) is 95.3 Å². The number of pyridine rings is 1. The van der Waals surface area contributed by atoms with E-state index in [4.69, 9.17) is 21.8 Å². The van der Waals surface area contributed by atoms with E-state index in [-0.39, 0.29) is 24.6 Å². The summed E-state index contributed by atoms with van der Waals surface area (Å²) >= 11 is 6.17. The van der Waals surface area contributed by atoms with Crippen LogP contribution in [0.3, 0.4) is 0 Å². The first kappa shape index (κ1) is 23.6. The lowest BCUT2D eigenvalue weighted by molar-refractivity contribution is 0.251. The van der Waals surface area contributed by atoms with Crippen molar-refractivity contribution in [3.63, 3.8) is 0 Å². The van der Waals surface area contributed by atoms with Gasteiger partial charge in [-0.2, -0.15) is 5.10 Å². The Morgan fingerprint density at radius 1 is 1.22 bits per heavy atom. The minimum absolute atomic E-state index is 0.0449. The predicted octanol–water partition coefficient (Wildman–Crippen LogP) is 3.97. The lowest BCUT2D eigenvalue weighted by Crippen LogP contribution is -2.29. The van der Waals surface area contributed by atoms with Gasteiger partial charge in [-0.1, -0.05) is 38.4 Å². The third kappa shape index (κ3) is 5.99. The number of halogens is 1. The van der Waals surface area contributed by atoms with Crippen molar-refractivity contribution in [1.29, 1.82) is 0 Å². The fourth-order valence-electron chi connectivity index (χ4n) is 3.04. The molecule has 0 fully saturated rings. The smallest absolute Gasteiger partial charge is 0.319 e. The number of nitrogens with zero attached hydrogens (tertiary/aromatic N) is 4. The average molecular weight is 457 g/mol. The number of urea groups is 1. The fourth-order valence-corrected chi connectivity index (χ4v) is 3.22. The van der Waals surface area contributed by atoms with Crippen molar-refractivity contribution < 1.29 is 9.90 Å². The molecule has 0 bridgehead atoms. The molecule has 0 aliphatic rings. The summed E-state index contributed by atoms with van der Waals surface area (Å²) in [6.45, 7) is 7.09. The van der Waals surface area contributed by atoms with Crippen LogP contribution in [-0.4, -0.2) is 46.1 Å². The van der Waals surface area contributed by atoms with Crippen LogP contribution < -0.4 is 15.5 Å². The number of hydrogen-bond donors (Lipinski definition) is 3. The van der Waals surface area contributed by atoms with Crippen molar-refractivity contribution in [2.24, 2.45) is 0 Å². The highest BCUT2D eigenvalue weighted by molar-refractivity contribution is 6.30. The second kappa shape index (κ2) is 10.0. The first-order valence-corrected chi connectivity index (χ1v) is 10.7. The third-order valence-electron chi connectivity index (χ3n) is 4.87. The fraction of sp³-hybridized carbons (Fsp3) is 0.348. The Kier molecular flexibility index (Phi) is 7.37. The van der Waals surface area contributed by atoms with Gasteiger partial charge >= 0.3 is 6.03 Å². The van der Waals surface area contributed by atoms with Gasteiger partial charge < -0.3 is 20.6 Å². The summed E-state index contributed by atoms with van der Waals surface area (Å²) in [5.41, 5.74) is 3.02. The number of hydrogen-bond acceptors (Lipinski definition) is 5. The molecule has 2 amide bonds. The molecule has 0 spiro atoms. The number of aromatic nitrogens is 3. The molecule has 2 heterocycles. The van der Waals surface area contributed by atoms with Crippen LogP contribution in [0.2, 0.25) is 5.02 Å². The van der Waals surface area contributed by atoms with Crippen LogP contribution in [0.15, 0.2) is 48.7 Å². The van der Waals surface area contributed by atoms with Crippen LogP contribution in [-0.2, 0) is 12.0 Å². The van der Waals surface area contributed by atoms with Crippen LogP contribution in [0.25, 0.3) is 5.69 Å². The second-order valence-corrected chi connectivity index (χ2v) is 8.96. The van der Waals surface area contributed by atoms with E-state index in [2.05, 4.69) is 36.4 Å². The van der Waals surface area contributed by atoms with Gasteiger partial charge in [0.25, 0.3) is 0 Å². The van der Waals surface area contributed by atoms with Gasteiger partial charge in [0.15, 0.2) is 0 Å². The quantitative estimate of drug-likeness (QED) is 0.500. The molecule has 0 saturated heterocycles. The number of nitrogens with one attached hydrogen (secondary N) is 2. The zero-order valence-corrected chi connectivity index (χ0v) is 19.5. The number of benzene rings is 1. The summed E-state index contributed by atoms with van der Waals surface area (Å²) in [6.07, 6.45) is 1.58. The third-order valence-corrected chi connectivity index (χ3v) is 5.10. The number of rotatable bonds is 7. The van der Waals surface area contributed by atoms with E-state index >= 15 is 0 Å². The van der Waals surface area contributed by atoms with Crippen LogP contribution in [0.5, 0.6) is 0 Å². The number of aliphatic hydroxyl groups excluding tert-OH is 1. The van der Waals surface area contributed by atoms with Crippen molar-refractivity contribution >= 4 is 29.1 Å². The summed E-state index contributed by atoms with van der Waals surface area (Å²) in [7, 11) is 1.84. The number of aliphatic hydroxyl groups is 1. The maximum Gasteiger partial charge on any atom is 0.319 e. The average Bonchev–Trinajstić information content (AvgIpc) is 3.18. The largest absolute Gasteiger partial charge is 0.395 e. The molecule has 0 unspecified atom stereocenters. The summed E-state index contributed by atoms with van der Waals surface area (Å²) in [5.74, 6) is 0.713. The van der Waals surface area contributed by atoms with E-state index in [1.807, 2.05) is 42.3 Å². The zero-order valence-electron chi connectivity index (χ0n) is 18.8. The number of amides is 2. The molecule has 0 aliphatic heterocycles. The highest BCUT2D eigenvalue weighted by atomic mass is 35.5. The minimum atomic E-state index is -0.348. The summed E-state index contributed by atoms with van der Waals surface area (Å²) < 4.78 is 1.81. The molecule has 2 aromatic heterocycles. The van der Waals surface area contributed by atoms with Crippen LogP contribution in [0.4, 0.5) is 16.3 Å². The summed E-state index contributed by atoms with van der Waals surface area (Å²) in [6, 6.07) is 12.6. The molecule has 32 heavy (non-hydrogen) atoms. The Bertz CT molecular complexity index is 1060. The second-order valence-electron chi connectivity index (χ2n) is 8.52. The van der Waals surface area contributed by atoms with Crippen molar-refractivity contribution in [3.05, 3.63) is 65.1 Å². The Balaban J connectivity index is 1.70. The lowest BCUT2D eigenvalue weighted by atomic mass is 9.92. The maximum atomic E-state index is 12.5. The highest BCUT2D eigenvalue weighted by Crippen LogP contribution is 2.24. The van der Waals surface area contributed by atoms with E-state index in [1.54, 1.807) is 23.0 Å². The Hall–Kier alpha value is -3.10. The van der Waals surface area contributed by atoms with Crippen molar-refractivity contribution in [2.45, 2.75) is 32.7 Å². The molecule has 170 valence electrons. The van der Waals surface area contributed by atoms with Crippen LogP contribution in [0.1, 0.15) is 32.2 Å². The Labute approximate surface area is 193 Å². The standard InChI is InChI=1S/C23H29ClN6O2/c1-23(2,3)20-13-19(30(28-20)18-7-5-6-16(24)12-18)15-26-22(32)27-17-8-9-21(25-14-17)29(4)10-11-31/h5-9,12-14,31H,10-11,15H2,1-4H3,(H2,26,27,32). The summed E-state index contributed by atoms with van der Waals surface area (Å²) in [4.78, 5) is 18.6. The van der Waals surface area contributed by atoms with Gasteiger partial charge in [0.1, 0.15) is 5.82 Å². The van der Waals surface area contributed by atoms with Gasteiger partial charge in [-0.25, -0.2) is 14.5 Å². The number of carbonyl (C=O) groups is 1. The number of likely N-dealkylation sites (N-methyl/N-ethyl adjacent to an activating group) is 1. The van der Waals surface area contributed by atoms with Crippen molar-refractivity contribution in [2.75, 3.05) is 30.4 Å². The van der Waals surface area contributed by atoms with Gasteiger partial charge in [-0.05, 0) is 36.4 Å². The van der Waals surface area contributed by atoms with Gasteiger partial charge in [0.2, 0.25) is 0 Å².